The molecule has 88 valence electrons. The Morgan fingerprint density at radius 3 is 2.50 bits per heavy atom. The van der Waals surface area contributed by atoms with Crippen molar-refractivity contribution in [2.45, 2.75) is 27.2 Å². The van der Waals surface area contributed by atoms with Crippen molar-refractivity contribution in [1.29, 1.82) is 0 Å². The molecule has 0 aliphatic heterocycles. The molecule has 1 aliphatic carbocycles. The van der Waals surface area contributed by atoms with Gasteiger partial charge >= 0.3 is 5.97 Å². The van der Waals surface area contributed by atoms with Crippen molar-refractivity contribution in [2.75, 3.05) is 7.11 Å². The second kappa shape index (κ2) is 3.89. The molecule has 16 heavy (non-hydrogen) atoms. The van der Waals surface area contributed by atoms with Gasteiger partial charge in [-0.05, 0) is 13.0 Å². The van der Waals surface area contributed by atoms with Gasteiger partial charge in [-0.2, -0.15) is 0 Å². The predicted molar refractivity (Wildman–Crippen MR) is 61.8 cm³/mol. The summed E-state index contributed by atoms with van der Waals surface area (Å²) in [5.74, 6) is -0.467. The van der Waals surface area contributed by atoms with Gasteiger partial charge in [0.1, 0.15) is 0 Å². The number of hydrogen-bond acceptors (Lipinski definition) is 3. The molecule has 0 saturated heterocycles. The Kier molecular flexibility index (Phi) is 3.08. The lowest BCUT2D eigenvalue weighted by molar-refractivity contribution is -0.145. The molecule has 0 bridgehead atoms. The van der Waals surface area contributed by atoms with E-state index in [2.05, 4.69) is 11.3 Å². The summed E-state index contributed by atoms with van der Waals surface area (Å²) in [5, 5.41) is 0. The third kappa shape index (κ3) is 1.94. The Morgan fingerprint density at radius 2 is 2.00 bits per heavy atom. The molecule has 1 aliphatic rings. The van der Waals surface area contributed by atoms with Gasteiger partial charge in [-0.3, -0.25) is 9.59 Å². The minimum absolute atomic E-state index is 0.0505. The third-order valence-electron chi connectivity index (χ3n) is 3.36. The second-order valence-corrected chi connectivity index (χ2v) is 4.98. The van der Waals surface area contributed by atoms with Crippen molar-refractivity contribution in [1.82, 2.24) is 0 Å². The molecule has 0 amide bonds. The number of rotatable bonds is 2. The minimum Gasteiger partial charge on any atom is -0.469 e. The Bertz CT molecular complexity index is 377. The van der Waals surface area contributed by atoms with Gasteiger partial charge in [-0.25, -0.2) is 0 Å². The van der Waals surface area contributed by atoms with E-state index in [1.165, 1.54) is 13.2 Å². The maximum absolute atomic E-state index is 11.9. The molecule has 1 rings (SSSR count). The van der Waals surface area contributed by atoms with E-state index in [4.69, 9.17) is 0 Å². The average molecular weight is 222 g/mol. The summed E-state index contributed by atoms with van der Waals surface area (Å²) >= 11 is 0. The van der Waals surface area contributed by atoms with Crippen molar-refractivity contribution in [2.24, 2.45) is 10.8 Å². The van der Waals surface area contributed by atoms with E-state index in [0.717, 1.165) is 5.57 Å². The Labute approximate surface area is 96.2 Å². The highest BCUT2D eigenvalue weighted by Crippen LogP contribution is 2.46. The zero-order valence-corrected chi connectivity index (χ0v) is 10.3. The zero-order valence-electron chi connectivity index (χ0n) is 10.3. The number of ether oxygens (including phenoxy) is 1. The lowest BCUT2D eigenvalue weighted by Crippen LogP contribution is -2.39. The van der Waals surface area contributed by atoms with Crippen molar-refractivity contribution in [3.8, 4) is 0 Å². The normalized spacial score (nSPS) is 28.0. The zero-order chi connectivity index (χ0) is 12.6. The molecular formula is C13H18O3. The first-order valence-electron chi connectivity index (χ1n) is 5.24. The summed E-state index contributed by atoms with van der Waals surface area (Å²) in [6.45, 7) is 9.69. The second-order valence-electron chi connectivity index (χ2n) is 4.98. The van der Waals surface area contributed by atoms with Gasteiger partial charge in [0.05, 0.1) is 18.9 Å². The third-order valence-corrected chi connectivity index (χ3v) is 3.36. The van der Waals surface area contributed by atoms with E-state index in [1.54, 1.807) is 6.92 Å². The van der Waals surface area contributed by atoms with Crippen molar-refractivity contribution < 1.29 is 14.3 Å². The topological polar surface area (TPSA) is 43.4 Å². The number of hydrogen-bond donors (Lipinski definition) is 0. The highest BCUT2D eigenvalue weighted by Gasteiger charge is 2.44. The van der Waals surface area contributed by atoms with Crippen LogP contribution in [0.2, 0.25) is 0 Å². The number of carbonyl (C=O) groups is 2. The number of allylic oxidation sites excluding steroid dienone is 3. The highest BCUT2D eigenvalue weighted by molar-refractivity contribution is 6.00. The van der Waals surface area contributed by atoms with E-state index in [-0.39, 0.29) is 23.6 Å². The van der Waals surface area contributed by atoms with Gasteiger partial charge in [0, 0.05) is 5.41 Å². The standard InChI is InChI=1S/C13H18O3/c1-9-12(2,3)7-6-10(14)13(9,4)8-11(15)16-5/h6-7H,1,8H2,2-5H3/t13-/m1/s1. The van der Waals surface area contributed by atoms with E-state index in [1.807, 2.05) is 19.9 Å². The molecule has 0 aromatic carbocycles. The molecule has 3 nitrogen and oxygen atoms in total. The van der Waals surface area contributed by atoms with Gasteiger partial charge in [-0.15, -0.1) is 0 Å². The van der Waals surface area contributed by atoms with Crippen LogP contribution in [0.3, 0.4) is 0 Å². The minimum atomic E-state index is -0.842. The Balaban J connectivity index is 3.11. The van der Waals surface area contributed by atoms with E-state index < -0.39 is 5.41 Å². The molecule has 0 unspecified atom stereocenters. The Morgan fingerprint density at radius 1 is 1.44 bits per heavy atom. The predicted octanol–water partition coefficient (Wildman–Crippen LogP) is 2.28. The van der Waals surface area contributed by atoms with Gasteiger partial charge in [0.15, 0.2) is 5.78 Å². The first-order chi connectivity index (χ1) is 7.24. The van der Waals surface area contributed by atoms with Crippen LogP contribution in [-0.2, 0) is 14.3 Å². The number of methoxy groups -OCH3 is 1. The fourth-order valence-corrected chi connectivity index (χ4v) is 1.98. The average Bonchev–Trinajstić information content (AvgIpc) is 2.22. The molecule has 0 spiro atoms. The first kappa shape index (κ1) is 12.7. The van der Waals surface area contributed by atoms with Gasteiger partial charge in [0.25, 0.3) is 0 Å². The molecule has 0 aromatic heterocycles. The fourth-order valence-electron chi connectivity index (χ4n) is 1.98. The van der Waals surface area contributed by atoms with Crippen LogP contribution in [-0.4, -0.2) is 18.9 Å². The maximum atomic E-state index is 11.9. The van der Waals surface area contributed by atoms with Crippen molar-refractivity contribution in [3.05, 3.63) is 24.3 Å². The number of carbonyl (C=O) groups excluding carboxylic acids is 2. The molecular weight excluding hydrogens is 204 g/mol. The highest BCUT2D eigenvalue weighted by atomic mass is 16.5. The quantitative estimate of drug-likeness (QED) is 0.531. The number of ketones is 1. The summed E-state index contributed by atoms with van der Waals surface area (Å²) < 4.78 is 4.63. The monoisotopic (exact) mass is 222 g/mol. The molecule has 0 heterocycles. The van der Waals surface area contributed by atoms with Gasteiger partial charge < -0.3 is 4.74 Å². The van der Waals surface area contributed by atoms with Crippen molar-refractivity contribution >= 4 is 11.8 Å². The smallest absolute Gasteiger partial charge is 0.306 e. The lowest BCUT2D eigenvalue weighted by atomic mass is 9.62. The lowest BCUT2D eigenvalue weighted by Gasteiger charge is -2.40. The fraction of sp³-hybridized carbons (Fsp3) is 0.538. The SMILES string of the molecule is C=C1C(C)(C)C=CC(=O)[C@]1(C)CC(=O)OC. The van der Waals surface area contributed by atoms with E-state index >= 15 is 0 Å². The van der Waals surface area contributed by atoms with Crippen LogP contribution in [0.1, 0.15) is 27.2 Å². The van der Waals surface area contributed by atoms with Crippen LogP contribution in [0.5, 0.6) is 0 Å². The first-order valence-corrected chi connectivity index (χ1v) is 5.24. The van der Waals surface area contributed by atoms with Crippen LogP contribution < -0.4 is 0 Å². The molecule has 0 saturated carbocycles. The van der Waals surface area contributed by atoms with Crippen molar-refractivity contribution in [3.63, 3.8) is 0 Å². The largest absolute Gasteiger partial charge is 0.469 e. The summed E-state index contributed by atoms with van der Waals surface area (Å²) in [5.41, 5.74) is -0.347. The van der Waals surface area contributed by atoms with E-state index in [0.29, 0.717) is 0 Å². The molecule has 0 radical (unpaired) electrons. The van der Waals surface area contributed by atoms with Crippen LogP contribution in [0, 0.1) is 10.8 Å². The van der Waals surface area contributed by atoms with Crippen LogP contribution in [0.4, 0.5) is 0 Å². The molecule has 0 fully saturated rings. The van der Waals surface area contributed by atoms with E-state index in [9.17, 15) is 9.59 Å². The summed E-state index contributed by atoms with van der Waals surface area (Å²) in [6.07, 6.45) is 3.42. The summed E-state index contributed by atoms with van der Waals surface area (Å²) in [4.78, 5) is 23.3. The summed E-state index contributed by atoms with van der Waals surface area (Å²) in [7, 11) is 1.32. The maximum Gasteiger partial charge on any atom is 0.306 e. The number of esters is 1. The molecule has 0 aromatic rings. The summed E-state index contributed by atoms with van der Waals surface area (Å²) in [6, 6.07) is 0. The molecule has 3 heteroatoms. The Hall–Kier alpha value is -1.38. The van der Waals surface area contributed by atoms with Crippen LogP contribution in [0.25, 0.3) is 0 Å². The molecule has 0 N–H and O–H groups in total. The van der Waals surface area contributed by atoms with Crippen LogP contribution in [0.15, 0.2) is 24.3 Å². The van der Waals surface area contributed by atoms with Gasteiger partial charge in [-0.1, -0.05) is 32.1 Å². The molecule has 1 atom stereocenters. The van der Waals surface area contributed by atoms with Gasteiger partial charge in [0.2, 0.25) is 0 Å². The van der Waals surface area contributed by atoms with Crippen LogP contribution >= 0.6 is 0 Å².